The average Bonchev–Trinajstić information content (AvgIpc) is 2.81. The van der Waals surface area contributed by atoms with E-state index < -0.39 is 0 Å². The van der Waals surface area contributed by atoms with E-state index in [1.54, 1.807) is 11.3 Å². The summed E-state index contributed by atoms with van der Waals surface area (Å²) in [6, 6.07) is 12.8. The summed E-state index contributed by atoms with van der Waals surface area (Å²) in [5.74, 6) is 0. The first-order valence-electron chi connectivity index (χ1n) is 6.30. The summed E-state index contributed by atoms with van der Waals surface area (Å²) < 4.78 is 3.51. The molecule has 2 aromatic carbocycles. The Bertz CT molecular complexity index is 741. The van der Waals surface area contributed by atoms with Crippen molar-refractivity contribution in [2.45, 2.75) is 13.5 Å². The number of hydrogen-bond acceptors (Lipinski definition) is 2. The van der Waals surface area contributed by atoms with Crippen LogP contribution in [0.3, 0.4) is 0 Å². The molecule has 0 aliphatic heterocycles. The fourth-order valence-corrected chi connectivity index (χ4v) is 4.88. The first-order chi connectivity index (χ1) is 9.65. The molecule has 0 fully saturated rings. The van der Waals surface area contributed by atoms with Gasteiger partial charge in [-0.2, -0.15) is 0 Å². The average molecular weight is 411 g/mol. The van der Waals surface area contributed by atoms with E-state index in [1.165, 1.54) is 21.2 Å². The van der Waals surface area contributed by atoms with E-state index in [-0.39, 0.29) is 0 Å². The molecule has 0 bridgehead atoms. The maximum atomic E-state index is 3.62. The van der Waals surface area contributed by atoms with Crippen molar-refractivity contribution < 1.29 is 0 Å². The number of benzene rings is 2. The molecule has 3 aromatic rings. The zero-order valence-corrected chi connectivity index (χ0v) is 14.9. The van der Waals surface area contributed by atoms with Crippen molar-refractivity contribution in [2.24, 2.45) is 0 Å². The van der Waals surface area contributed by atoms with E-state index in [2.05, 4.69) is 85.9 Å². The molecule has 3 rings (SSSR count). The van der Waals surface area contributed by atoms with Crippen molar-refractivity contribution in [2.75, 3.05) is 5.32 Å². The Labute approximate surface area is 139 Å². The van der Waals surface area contributed by atoms with Gasteiger partial charge in [0.1, 0.15) is 0 Å². The summed E-state index contributed by atoms with van der Waals surface area (Å²) in [5.41, 5.74) is 3.67. The molecule has 0 saturated carbocycles. The lowest BCUT2D eigenvalue weighted by molar-refractivity contribution is 1.17. The Balaban J connectivity index is 1.87. The van der Waals surface area contributed by atoms with Gasteiger partial charge in [0.05, 0.1) is 5.69 Å². The van der Waals surface area contributed by atoms with E-state index in [1.807, 2.05) is 0 Å². The van der Waals surface area contributed by atoms with Gasteiger partial charge < -0.3 is 5.32 Å². The molecule has 0 spiro atoms. The molecule has 0 atom stereocenters. The van der Waals surface area contributed by atoms with Crippen LogP contribution in [0, 0.1) is 6.92 Å². The molecular weight excluding hydrogens is 398 g/mol. The summed E-state index contributed by atoms with van der Waals surface area (Å²) in [6.07, 6.45) is 0. The van der Waals surface area contributed by atoms with E-state index >= 15 is 0 Å². The van der Waals surface area contributed by atoms with Crippen LogP contribution in [0.25, 0.3) is 10.1 Å². The van der Waals surface area contributed by atoms with Gasteiger partial charge in [-0.3, -0.25) is 0 Å². The van der Waals surface area contributed by atoms with Crippen molar-refractivity contribution in [3.05, 3.63) is 61.9 Å². The number of hydrogen-bond donors (Lipinski definition) is 1. The van der Waals surface area contributed by atoms with Crippen LogP contribution in [0.1, 0.15) is 11.1 Å². The Morgan fingerprint density at radius 3 is 2.55 bits per heavy atom. The van der Waals surface area contributed by atoms with Gasteiger partial charge in [0.15, 0.2) is 0 Å². The van der Waals surface area contributed by atoms with E-state index in [0.29, 0.717) is 0 Å². The van der Waals surface area contributed by atoms with Crippen LogP contribution in [0.2, 0.25) is 0 Å². The van der Waals surface area contributed by atoms with Gasteiger partial charge in [0.25, 0.3) is 0 Å². The predicted octanol–water partition coefficient (Wildman–Crippen LogP) is 6.35. The minimum absolute atomic E-state index is 0.824. The summed E-state index contributed by atoms with van der Waals surface area (Å²) >= 11 is 9.04. The smallest absolute Gasteiger partial charge is 0.0631 e. The molecule has 4 heteroatoms. The van der Waals surface area contributed by atoms with Gasteiger partial charge in [-0.1, -0.05) is 18.2 Å². The summed E-state index contributed by atoms with van der Waals surface area (Å²) in [7, 11) is 0. The number of fused-ring (bicyclic) bond motifs is 1. The first-order valence-corrected chi connectivity index (χ1v) is 8.76. The summed E-state index contributed by atoms with van der Waals surface area (Å²) in [4.78, 5) is 0. The topological polar surface area (TPSA) is 12.0 Å². The Kier molecular flexibility index (Phi) is 4.15. The molecule has 1 N–H and O–H groups in total. The zero-order chi connectivity index (χ0) is 14.1. The van der Waals surface area contributed by atoms with Crippen LogP contribution < -0.4 is 5.32 Å². The molecule has 0 aliphatic carbocycles. The van der Waals surface area contributed by atoms with E-state index in [0.717, 1.165) is 21.2 Å². The number of thiophene rings is 1. The third kappa shape index (κ3) is 2.78. The minimum atomic E-state index is 0.824. The molecule has 1 nitrogen and oxygen atoms in total. The molecule has 20 heavy (non-hydrogen) atoms. The van der Waals surface area contributed by atoms with Crippen molar-refractivity contribution in [3.63, 3.8) is 0 Å². The van der Waals surface area contributed by atoms with Gasteiger partial charge >= 0.3 is 0 Å². The fourth-order valence-electron chi connectivity index (χ4n) is 2.22. The van der Waals surface area contributed by atoms with Crippen molar-refractivity contribution in [1.82, 2.24) is 0 Å². The normalized spacial score (nSPS) is 10.9. The third-order valence-corrected chi connectivity index (χ3v) is 5.47. The molecule has 0 radical (unpaired) electrons. The van der Waals surface area contributed by atoms with Gasteiger partial charge in [0, 0.05) is 20.2 Å². The van der Waals surface area contributed by atoms with Crippen LogP contribution in [0.15, 0.2) is 50.7 Å². The summed E-state index contributed by atoms with van der Waals surface area (Å²) in [5, 5.41) is 7.08. The van der Waals surface area contributed by atoms with E-state index in [9.17, 15) is 0 Å². The van der Waals surface area contributed by atoms with Gasteiger partial charge in [-0.15, -0.1) is 11.3 Å². The second-order valence-corrected chi connectivity index (χ2v) is 7.33. The molecule has 102 valence electrons. The fraction of sp³-hybridized carbons (Fsp3) is 0.125. The van der Waals surface area contributed by atoms with Crippen LogP contribution in [0.4, 0.5) is 5.69 Å². The Hall–Kier alpha value is -0.840. The SMILES string of the molecule is Cc1cc(Br)c(NCc2csc3ccccc23)c(Br)c1. The molecule has 0 amide bonds. The maximum Gasteiger partial charge on any atom is 0.0631 e. The van der Waals surface area contributed by atoms with Gasteiger partial charge in [0.2, 0.25) is 0 Å². The van der Waals surface area contributed by atoms with E-state index in [4.69, 9.17) is 0 Å². The van der Waals surface area contributed by atoms with Crippen LogP contribution in [0.5, 0.6) is 0 Å². The lowest BCUT2D eigenvalue weighted by Gasteiger charge is -2.11. The van der Waals surface area contributed by atoms with Gasteiger partial charge in [-0.05, 0) is 78.9 Å². The highest BCUT2D eigenvalue weighted by molar-refractivity contribution is 9.11. The zero-order valence-electron chi connectivity index (χ0n) is 10.9. The molecule has 0 unspecified atom stereocenters. The lowest BCUT2D eigenvalue weighted by Crippen LogP contribution is -2.00. The number of aryl methyl sites for hydroxylation is 1. The van der Waals surface area contributed by atoms with Crippen LogP contribution >= 0.6 is 43.2 Å². The first kappa shape index (κ1) is 14.1. The molecule has 0 saturated heterocycles. The van der Waals surface area contributed by atoms with Crippen LogP contribution in [-0.2, 0) is 6.54 Å². The standard InChI is InChI=1S/C16H13Br2NS/c1-10-6-13(17)16(14(18)7-10)19-8-11-9-20-15-5-3-2-4-12(11)15/h2-7,9,19H,8H2,1H3. The van der Waals surface area contributed by atoms with Crippen molar-refractivity contribution in [1.29, 1.82) is 0 Å². The second kappa shape index (κ2) is 5.88. The Morgan fingerprint density at radius 1 is 1.10 bits per heavy atom. The van der Waals surface area contributed by atoms with Gasteiger partial charge in [-0.25, -0.2) is 0 Å². The monoisotopic (exact) mass is 409 g/mol. The van der Waals surface area contributed by atoms with Crippen molar-refractivity contribution in [3.8, 4) is 0 Å². The van der Waals surface area contributed by atoms with Crippen LogP contribution in [-0.4, -0.2) is 0 Å². The number of nitrogens with one attached hydrogen (secondary N) is 1. The molecule has 1 aromatic heterocycles. The quantitative estimate of drug-likeness (QED) is 0.530. The van der Waals surface area contributed by atoms with Crippen molar-refractivity contribution >= 4 is 59.0 Å². The largest absolute Gasteiger partial charge is 0.379 e. The highest BCUT2D eigenvalue weighted by Gasteiger charge is 2.08. The maximum absolute atomic E-state index is 3.62. The molecular formula is C16H13Br2NS. The third-order valence-electron chi connectivity index (χ3n) is 3.20. The predicted molar refractivity (Wildman–Crippen MR) is 95.7 cm³/mol. The number of halogens is 2. The highest BCUT2D eigenvalue weighted by Crippen LogP contribution is 2.33. The summed E-state index contributed by atoms with van der Waals surface area (Å²) in [6.45, 7) is 2.91. The molecule has 1 heterocycles. The lowest BCUT2D eigenvalue weighted by atomic mass is 10.1. The number of anilines is 1. The second-order valence-electron chi connectivity index (χ2n) is 4.71. The highest BCUT2D eigenvalue weighted by atomic mass is 79.9. The minimum Gasteiger partial charge on any atom is -0.379 e. The molecule has 0 aliphatic rings. The number of rotatable bonds is 3. The Morgan fingerprint density at radius 2 is 1.80 bits per heavy atom.